The summed E-state index contributed by atoms with van der Waals surface area (Å²) in [5, 5.41) is 7.41. The van der Waals surface area contributed by atoms with Crippen LogP contribution in [0.2, 0.25) is 0 Å². The summed E-state index contributed by atoms with van der Waals surface area (Å²) in [5.74, 6) is 0.821. The number of ether oxygens (including phenoxy) is 1. The molecule has 0 aromatic carbocycles. The average Bonchev–Trinajstić information content (AvgIpc) is 3.65. The quantitative estimate of drug-likeness (QED) is 0.284. The molecule has 10 nitrogen and oxygen atoms in total. The van der Waals surface area contributed by atoms with Crippen molar-refractivity contribution < 1.29 is 14.3 Å². The first-order valence-electron chi connectivity index (χ1n) is 12.4. The summed E-state index contributed by atoms with van der Waals surface area (Å²) in [5.41, 5.74) is 4.25. The normalized spacial score (nSPS) is 17.2. The summed E-state index contributed by atoms with van der Waals surface area (Å²) >= 11 is 1.72. The van der Waals surface area contributed by atoms with Gasteiger partial charge in [-0.3, -0.25) is 14.3 Å². The number of aldehydes is 1. The maximum Gasteiger partial charge on any atom is 0.310 e. The van der Waals surface area contributed by atoms with E-state index in [4.69, 9.17) is 4.74 Å². The Morgan fingerprint density at radius 2 is 2.11 bits per heavy atom. The Morgan fingerprint density at radius 1 is 1.27 bits per heavy atom. The second-order valence-corrected chi connectivity index (χ2v) is 10.3. The summed E-state index contributed by atoms with van der Waals surface area (Å²) < 4.78 is 11.1. The number of fused-ring (bicyclic) bond motifs is 1. The minimum atomic E-state index is -0.122. The highest BCUT2D eigenvalue weighted by atomic mass is 32.2. The maximum atomic E-state index is 11.5. The van der Waals surface area contributed by atoms with E-state index in [0.29, 0.717) is 6.54 Å². The summed E-state index contributed by atoms with van der Waals surface area (Å²) in [7, 11) is 5.28. The van der Waals surface area contributed by atoms with Crippen molar-refractivity contribution in [2.24, 2.45) is 13.0 Å². The minimum Gasteiger partial charge on any atom is -0.469 e. The Labute approximate surface area is 222 Å². The summed E-state index contributed by atoms with van der Waals surface area (Å²) in [6.07, 6.45) is 5.38. The van der Waals surface area contributed by atoms with E-state index >= 15 is 0 Å². The molecule has 0 amide bonds. The Morgan fingerprint density at radius 3 is 2.84 bits per heavy atom. The van der Waals surface area contributed by atoms with E-state index in [-0.39, 0.29) is 11.9 Å². The van der Waals surface area contributed by atoms with E-state index in [1.54, 1.807) is 18.1 Å². The molecule has 0 saturated carbocycles. The number of rotatable bonds is 7. The van der Waals surface area contributed by atoms with Crippen LogP contribution < -0.4 is 10.2 Å². The molecule has 1 saturated heterocycles. The molecule has 3 aromatic rings. The number of nitrogens with zero attached hydrogens (tertiary/aromatic N) is 6. The molecule has 2 aliphatic heterocycles. The maximum absolute atomic E-state index is 11.5. The van der Waals surface area contributed by atoms with Crippen molar-refractivity contribution >= 4 is 30.0 Å². The Hall–Kier alpha value is -3.15. The zero-order valence-electron chi connectivity index (χ0n) is 21.9. The third-order valence-corrected chi connectivity index (χ3v) is 8.02. The molecule has 1 N–H and O–H groups in total. The predicted octanol–water partition coefficient (Wildman–Crippen LogP) is 2.67. The first kappa shape index (κ1) is 26.9. The van der Waals surface area contributed by atoms with Gasteiger partial charge in [0.1, 0.15) is 5.82 Å². The van der Waals surface area contributed by atoms with Crippen LogP contribution in [-0.4, -0.2) is 69.7 Å². The van der Waals surface area contributed by atoms with Crippen LogP contribution in [0.15, 0.2) is 41.6 Å². The molecule has 2 aliphatic rings. The highest BCUT2D eigenvalue weighted by molar-refractivity contribution is 7.97. The van der Waals surface area contributed by atoms with Crippen LogP contribution in [0.3, 0.4) is 0 Å². The minimum absolute atomic E-state index is 0.0283. The van der Waals surface area contributed by atoms with E-state index in [1.165, 1.54) is 12.8 Å². The smallest absolute Gasteiger partial charge is 0.310 e. The summed E-state index contributed by atoms with van der Waals surface area (Å²) in [6, 6.07) is 8.01. The summed E-state index contributed by atoms with van der Waals surface area (Å²) in [4.78, 5) is 30.2. The topological polar surface area (TPSA) is 97.5 Å². The average molecular weight is 526 g/mol. The van der Waals surface area contributed by atoms with Crippen LogP contribution in [0, 0.1) is 12.8 Å². The second kappa shape index (κ2) is 12.4. The lowest BCUT2D eigenvalue weighted by Gasteiger charge is -2.26. The molecule has 3 aromatic heterocycles. The molecule has 1 unspecified atom stereocenters. The largest absolute Gasteiger partial charge is 0.469 e. The van der Waals surface area contributed by atoms with Gasteiger partial charge < -0.3 is 19.5 Å². The molecule has 0 bridgehead atoms. The van der Waals surface area contributed by atoms with E-state index < -0.39 is 0 Å². The first-order chi connectivity index (χ1) is 17.9. The highest BCUT2D eigenvalue weighted by Crippen LogP contribution is 2.31. The number of anilines is 1. The lowest BCUT2D eigenvalue weighted by atomic mass is 10.1. The number of hydrogen-bond donors (Lipinski definition) is 1. The zero-order valence-corrected chi connectivity index (χ0v) is 22.7. The fourth-order valence-electron chi connectivity index (χ4n) is 4.63. The standard InChI is InChI=1S/C13H16N4OS.C13H19N3O2/c1-10-13(7-12(9-18)15(10)2)19-16-5-6-17-11(8-16)3-4-14-17;1-14-8-10-4-3-6-15-12(10)16-7-5-11(9-16)13(17)18-2/h3-4,7,9H,5-6,8H2,1-2H3;3-4,6,11,14H,5,7-9H2,1-2H3. The van der Waals surface area contributed by atoms with Gasteiger partial charge in [0.15, 0.2) is 6.29 Å². The van der Waals surface area contributed by atoms with Crippen LogP contribution in [0.25, 0.3) is 0 Å². The van der Waals surface area contributed by atoms with Crippen molar-refractivity contribution in [2.75, 3.05) is 38.7 Å². The monoisotopic (exact) mass is 525 g/mol. The van der Waals surface area contributed by atoms with Crippen molar-refractivity contribution in [3.05, 3.63) is 59.3 Å². The third kappa shape index (κ3) is 6.23. The van der Waals surface area contributed by atoms with Gasteiger partial charge in [-0.1, -0.05) is 6.07 Å². The van der Waals surface area contributed by atoms with E-state index in [1.807, 2.05) is 48.6 Å². The number of carbonyl (C=O) groups excluding carboxylic acids is 2. The van der Waals surface area contributed by atoms with Gasteiger partial charge in [-0.2, -0.15) is 5.10 Å². The van der Waals surface area contributed by atoms with Gasteiger partial charge >= 0.3 is 5.97 Å². The van der Waals surface area contributed by atoms with E-state index in [2.05, 4.69) is 36.7 Å². The molecule has 0 spiro atoms. The van der Waals surface area contributed by atoms with Crippen LogP contribution in [0.1, 0.15) is 33.9 Å². The van der Waals surface area contributed by atoms with Gasteiger partial charge in [0.25, 0.3) is 0 Å². The number of esters is 1. The molecule has 1 fully saturated rings. The van der Waals surface area contributed by atoms with E-state index in [0.717, 1.165) is 73.1 Å². The van der Waals surface area contributed by atoms with Gasteiger partial charge in [-0.05, 0) is 50.5 Å². The number of aromatic nitrogens is 4. The fraction of sp³-hybridized carbons (Fsp3) is 0.462. The number of methoxy groups -OCH3 is 1. The summed E-state index contributed by atoms with van der Waals surface area (Å²) in [6.45, 7) is 7.14. The lowest BCUT2D eigenvalue weighted by Crippen LogP contribution is -2.28. The van der Waals surface area contributed by atoms with Crippen LogP contribution in [0.5, 0.6) is 0 Å². The molecule has 0 radical (unpaired) electrons. The van der Waals surface area contributed by atoms with Gasteiger partial charge in [-0.25, -0.2) is 9.29 Å². The number of nitrogens with one attached hydrogen (secondary N) is 1. The molecular formula is C26H35N7O3S. The molecule has 1 atom stereocenters. The van der Waals surface area contributed by atoms with Crippen molar-refractivity contribution in [3.8, 4) is 0 Å². The fourth-order valence-corrected chi connectivity index (χ4v) is 5.72. The predicted molar refractivity (Wildman–Crippen MR) is 143 cm³/mol. The molecule has 0 aliphatic carbocycles. The second-order valence-electron chi connectivity index (χ2n) is 9.17. The molecule has 198 valence electrons. The Kier molecular flexibility index (Phi) is 9.01. The SMILES string of the molecule is CNCc1cccnc1N1CCC(C(=O)OC)C1.Cc1c(SN2CCn3nccc3C2)cc(C=O)n1C. The lowest BCUT2D eigenvalue weighted by molar-refractivity contribution is -0.144. The molecule has 11 heteroatoms. The molecule has 37 heavy (non-hydrogen) atoms. The van der Waals surface area contributed by atoms with Gasteiger partial charge in [0.2, 0.25) is 0 Å². The van der Waals surface area contributed by atoms with Crippen LogP contribution in [-0.2, 0) is 36.2 Å². The molecular weight excluding hydrogens is 490 g/mol. The number of hydrogen-bond acceptors (Lipinski definition) is 9. The van der Waals surface area contributed by atoms with Crippen LogP contribution in [0.4, 0.5) is 5.82 Å². The Bertz CT molecular complexity index is 1220. The highest BCUT2D eigenvalue weighted by Gasteiger charge is 2.30. The van der Waals surface area contributed by atoms with Gasteiger partial charge in [0.05, 0.1) is 37.5 Å². The number of pyridine rings is 1. The van der Waals surface area contributed by atoms with E-state index in [9.17, 15) is 9.59 Å². The zero-order chi connectivity index (χ0) is 26.4. The van der Waals surface area contributed by atoms with Crippen molar-refractivity contribution in [1.29, 1.82) is 0 Å². The van der Waals surface area contributed by atoms with Crippen molar-refractivity contribution in [3.63, 3.8) is 0 Å². The van der Waals surface area contributed by atoms with Gasteiger partial charge in [-0.15, -0.1) is 0 Å². The van der Waals surface area contributed by atoms with Crippen LogP contribution >= 0.6 is 11.9 Å². The molecule has 5 rings (SSSR count). The number of carbonyl (C=O) groups is 2. The van der Waals surface area contributed by atoms with Crippen molar-refractivity contribution in [2.45, 2.75) is 37.9 Å². The molecule has 5 heterocycles. The first-order valence-corrected chi connectivity index (χ1v) is 13.2. The van der Waals surface area contributed by atoms with Gasteiger partial charge in [0, 0.05) is 61.8 Å². The Balaban J connectivity index is 0.000000173. The third-order valence-electron chi connectivity index (χ3n) is 6.84. The van der Waals surface area contributed by atoms with Crippen molar-refractivity contribution in [1.82, 2.24) is 29.0 Å².